The van der Waals surface area contributed by atoms with Gasteiger partial charge in [0.2, 0.25) is 28.1 Å². The maximum atomic E-state index is 12.8. The van der Waals surface area contributed by atoms with Gasteiger partial charge in [-0.25, -0.2) is 19.9 Å². The molecule has 1 saturated carbocycles. The average Bonchev–Trinajstić information content (AvgIpc) is 1.68. The monoisotopic (exact) mass is 1800 g/mol. The number of imidazole rings is 4. The summed E-state index contributed by atoms with van der Waals surface area (Å²) >= 11 is 0. The van der Waals surface area contributed by atoms with Gasteiger partial charge in [-0.3, -0.25) is 56.1 Å². The number of nitrogens with one attached hydrogen (secondary N) is 8. The van der Waals surface area contributed by atoms with Crippen molar-refractivity contribution in [2.75, 3.05) is 99.3 Å². The Morgan fingerprint density at radius 3 is 1.16 bits per heavy atom. The van der Waals surface area contributed by atoms with Gasteiger partial charge in [0, 0.05) is 240 Å². The molecule has 3 fully saturated rings. The second-order valence-electron chi connectivity index (χ2n) is 33.9. The highest BCUT2D eigenvalue weighted by atomic mass is 16.5. The zero-order valence-electron chi connectivity index (χ0n) is 76.0. The maximum absolute atomic E-state index is 12.8. The quantitative estimate of drug-likeness (QED) is 0.0263. The highest BCUT2D eigenvalue weighted by Crippen LogP contribution is 2.36. The number of benzene rings is 5. The second-order valence-corrected chi connectivity index (χ2v) is 33.9. The van der Waals surface area contributed by atoms with E-state index in [0.29, 0.717) is 23.6 Å². The van der Waals surface area contributed by atoms with Crippen molar-refractivity contribution in [3.63, 3.8) is 0 Å². The van der Waals surface area contributed by atoms with Crippen LogP contribution in [0.1, 0.15) is 109 Å². The minimum Gasteiger partial charge on any atom is -0.375 e. The molecule has 0 unspecified atom stereocenters. The standard InChI is InChI=1S/C28H32N6O.C27H23N5O2.C26H27N5O3.C25H27N5O2/c35-27-20-21(12-13-29-27)26-11-10-25(28-30-14-15-34(26)28)31-22-6-8-24(9-7-22)33-18-16-32(17-19-33)23-4-2-1-3-5-23;1-31(18-19-5-3-2-4-6-19)27(34)20-7-9-22(10-8-20)30-23-11-12-24(32-16-15-29-26(23)32)21-13-14-28-25(33)17-21;1-34-17-25(33)30-13-9-19(10-14-30)18-2-4-21(5-3-18)29-22-6-7-23(31-15-12-28-26(22)31)20-8-11-27-24(32)16-20;1-3-14-29(15-4-2)25(32)18-5-7-20(8-6-18)28-21-9-10-22(30-16-13-27-24(21)30)19-11-12-26-23(31)17-19/h6-15,20,23,31H,1-5,16-19H2,(H,29,35);2-17,30H,18H2,1H3,(H,28,33);2-8,11-12,15-16,19,29H,9-10,13-14,17H2,1H3,(H,27,32);5-13,16-17,28H,3-4,14-15H2,1-2H3,(H,26,31). The van der Waals surface area contributed by atoms with E-state index < -0.39 is 0 Å². The van der Waals surface area contributed by atoms with Crippen LogP contribution in [-0.4, -0.2) is 174 Å². The number of anilines is 9. The van der Waals surface area contributed by atoms with Gasteiger partial charge >= 0.3 is 0 Å². The fourth-order valence-electron chi connectivity index (χ4n) is 18.1. The van der Waals surface area contributed by atoms with Crippen molar-refractivity contribution in [2.45, 2.75) is 90.1 Å². The Hall–Kier alpha value is -16.0. The molecule has 2 aliphatic heterocycles. The number of fused-ring (bicyclic) bond motifs is 4. The molecule has 3 amide bonds. The van der Waals surface area contributed by atoms with E-state index in [9.17, 15) is 33.6 Å². The molecule has 0 radical (unpaired) electrons. The minimum atomic E-state index is -0.156. The Morgan fingerprint density at radius 1 is 0.415 bits per heavy atom. The first-order valence-electron chi connectivity index (χ1n) is 46.0. The summed E-state index contributed by atoms with van der Waals surface area (Å²) in [6, 6.07) is 72.5. The molecule has 1 aliphatic carbocycles. The van der Waals surface area contributed by atoms with Crippen LogP contribution in [-0.2, 0) is 16.1 Å². The number of carbonyl (C=O) groups is 3. The number of hydrogen-bond acceptors (Lipinski definition) is 18. The maximum Gasteiger partial charge on any atom is 0.253 e. The smallest absolute Gasteiger partial charge is 0.253 e. The number of carbonyl (C=O) groups excluding carboxylic acids is 3. The van der Waals surface area contributed by atoms with Crippen molar-refractivity contribution in [3.8, 4) is 45.0 Å². The second kappa shape index (κ2) is 42.9. The van der Waals surface area contributed by atoms with Crippen LogP contribution in [0.2, 0.25) is 0 Å². The molecule has 29 heteroatoms. The molecule has 2 saturated heterocycles. The lowest BCUT2D eigenvalue weighted by molar-refractivity contribution is -0.136. The van der Waals surface area contributed by atoms with E-state index in [4.69, 9.17) is 4.74 Å². The molecular weight excluding hydrogens is 1700 g/mol. The number of methoxy groups -OCH3 is 1. The lowest BCUT2D eigenvalue weighted by Crippen LogP contribution is -2.50. The van der Waals surface area contributed by atoms with Crippen LogP contribution in [0.3, 0.4) is 0 Å². The number of hydrogen-bond donors (Lipinski definition) is 8. The molecule has 8 N–H and O–H groups in total. The average molecular weight is 1810 g/mol. The first kappa shape index (κ1) is 90.9. The number of nitrogens with zero attached hydrogens (tertiary/aromatic N) is 13. The van der Waals surface area contributed by atoms with Crippen LogP contribution in [0.25, 0.3) is 67.6 Å². The Labute approximate surface area is 780 Å². The Balaban J connectivity index is 0.000000125. The summed E-state index contributed by atoms with van der Waals surface area (Å²) in [5.41, 5.74) is 21.6. The van der Waals surface area contributed by atoms with Crippen LogP contribution in [0.15, 0.2) is 318 Å². The lowest BCUT2D eigenvalue weighted by atomic mass is 9.89. The van der Waals surface area contributed by atoms with E-state index in [-0.39, 0.29) is 46.6 Å². The van der Waals surface area contributed by atoms with Gasteiger partial charge in [-0.05, 0) is 213 Å². The van der Waals surface area contributed by atoms with Crippen molar-refractivity contribution in [1.82, 2.24) is 77.1 Å². The van der Waals surface area contributed by atoms with E-state index in [1.807, 2.05) is 204 Å². The van der Waals surface area contributed by atoms with Gasteiger partial charge in [0.1, 0.15) is 6.61 Å². The van der Waals surface area contributed by atoms with Crippen molar-refractivity contribution in [3.05, 3.63) is 362 Å². The van der Waals surface area contributed by atoms with E-state index in [1.54, 1.807) is 92.9 Å². The van der Waals surface area contributed by atoms with Crippen LogP contribution in [0.4, 0.5) is 51.2 Å². The predicted octanol–water partition coefficient (Wildman–Crippen LogP) is 18.1. The normalized spacial score (nSPS) is 13.5. The van der Waals surface area contributed by atoms with Crippen molar-refractivity contribution in [2.24, 2.45) is 0 Å². The number of aromatic nitrogens is 12. The van der Waals surface area contributed by atoms with Crippen LogP contribution >= 0.6 is 0 Å². The Bertz CT molecular complexity index is 7180. The number of amides is 3. The number of ether oxygens (including phenoxy) is 1. The number of rotatable bonds is 25. The summed E-state index contributed by atoms with van der Waals surface area (Å²) in [7, 11) is 3.36. The third-order valence-corrected chi connectivity index (χ3v) is 24.9. The van der Waals surface area contributed by atoms with E-state index in [0.717, 1.165) is 190 Å². The molecular formula is C106H109N21O8. The number of piperidine rings is 1. The third-order valence-electron chi connectivity index (χ3n) is 24.9. The molecule has 17 aromatic rings. The van der Waals surface area contributed by atoms with Crippen molar-refractivity contribution in [1.29, 1.82) is 0 Å². The molecule has 5 aromatic carbocycles. The summed E-state index contributed by atoms with van der Waals surface area (Å²) in [5.74, 6) is 0.551. The van der Waals surface area contributed by atoms with Crippen LogP contribution in [0.5, 0.6) is 0 Å². The lowest BCUT2D eigenvalue weighted by Gasteiger charge is -2.41. The summed E-state index contributed by atoms with van der Waals surface area (Å²) in [5, 5.41) is 13.8. The van der Waals surface area contributed by atoms with Gasteiger partial charge in [-0.15, -0.1) is 0 Å². The largest absolute Gasteiger partial charge is 0.375 e. The molecule has 20 rings (SSSR count). The number of piperazine rings is 1. The van der Waals surface area contributed by atoms with Gasteiger partial charge < -0.3 is 65.5 Å². The van der Waals surface area contributed by atoms with Crippen molar-refractivity contribution < 1.29 is 19.1 Å². The number of pyridine rings is 8. The highest BCUT2D eigenvalue weighted by molar-refractivity contribution is 5.96. The SMILES string of the molecule is CCCN(CCC)C(=O)c1ccc(Nc2ccc(-c3cc[nH]c(=O)c3)n3ccnc23)cc1.CN(Cc1ccccc1)C(=O)c1ccc(Nc2ccc(-c3cc[nH]c(=O)c3)n3ccnc23)cc1.COCC(=O)N1CCC(c2ccc(Nc3ccc(-c4cc[nH]c(=O)c4)n4ccnc34)cc2)CC1.O=c1cc(-c2ccc(Nc3ccc(N4CCN(C5CCCCC5)CC4)cc3)c3nccn23)cc[nH]1. The predicted molar refractivity (Wildman–Crippen MR) is 534 cm³/mol. The number of aromatic amines is 4. The highest BCUT2D eigenvalue weighted by Gasteiger charge is 2.28. The van der Waals surface area contributed by atoms with E-state index >= 15 is 0 Å². The molecule has 686 valence electrons. The minimum absolute atomic E-state index is 0.0340. The molecule has 0 spiro atoms. The summed E-state index contributed by atoms with van der Waals surface area (Å²) < 4.78 is 12.8. The molecule has 29 nitrogen and oxygen atoms in total. The van der Waals surface area contributed by atoms with Gasteiger partial charge in [-0.2, -0.15) is 0 Å². The molecule has 0 atom stereocenters. The summed E-state index contributed by atoms with van der Waals surface area (Å²) in [6.45, 7) is 12.5. The van der Waals surface area contributed by atoms with Gasteiger partial charge in [-0.1, -0.05) is 75.6 Å². The fraction of sp³-hybridized carbons (Fsp3) is 0.236. The van der Waals surface area contributed by atoms with Crippen LogP contribution < -0.4 is 48.4 Å². The zero-order valence-corrected chi connectivity index (χ0v) is 76.0. The van der Waals surface area contributed by atoms with E-state index in [1.165, 1.54) is 56.4 Å². The molecule has 12 aromatic heterocycles. The first-order chi connectivity index (χ1) is 66.0. The first-order valence-corrected chi connectivity index (χ1v) is 46.0. The summed E-state index contributed by atoms with van der Waals surface area (Å²) in [4.78, 5) is 124. The number of H-pyrrole nitrogens is 4. The third kappa shape index (κ3) is 21.9. The van der Waals surface area contributed by atoms with Gasteiger partial charge in [0.15, 0.2) is 22.6 Å². The Morgan fingerprint density at radius 2 is 0.785 bits per heavy atom. The summed E-state index contributed by atoms with van der Waals surface area (Å²) in [6.07, 6.45) is 31.9. The molecule has 3 aliphatic rings. The van der Waals surface area contributed by atoms with Gasteiger partial charge in [0.05, 0.1) is 45.5 Å². The number of likely N-dealkylation sites (tertiary alicyclic amines) is 1. The van der Waals surface area contributed by atoms with Crippen molar-refractivity contribution >= 4 is 91.5 Å². The van der Waals surface area contributed by atoms with Gasteiger partial charge in [0.25, 0.3) is 11.8 Å². The Kier molecular flexibility index (Phi) is 28.9. The zero-order chi connectivity index (χ0) is 93.1. The molecule has 14 heterocycles. The molecule has 0 bridgehead atoms. The fourth-order valence-corrected chi connectivity index (χ4v) is 18.1. The van der Waals surface area contributed by atoms with Crippen LogP contribution in [0, 0.1) is 0 Å². The topological polar surface area (TPSA) is 325 Å². The molecule has 135 heavy (non-hydrogen) atoms. The van der Waals surface area contributed by atoms with E-state index in [2.05, 4.69) is 133 Å².